The number of carbonyl (C=O) groups excluding carboxylic acids is 2. The van der Waals surface area contributed by atoms with E-state index < -0.39 is 18.0 Å². The molecule has 3 N–H and O–H groups in total. The highest BCUT2D eigenvalue weighted by atomic mass is 35.5. The van der Waals surface area contributed by atoms with Gasteiger partial charge in [-0.25, -0.2) is 4.79 Å². The van der Waals surface area contributed by atoms with Gasteiger partial charge in [-0.1, -0.05) is 29.8 Å². The molecule has 0 bridgehead atoms. The lowest BCUT2D eigenvalue weighted by Crippen LogP contribution is -2.52. The van der Waals surface area contributed by atoms with Crippen LogP contribution in [0.25, 0.3) is 0 Å². The van der Waals surface area contributed by atoms with Crippen molar-refractivity contribution >= 4 is 23.5 Å². The molecule has 1 aliphatic heterocycles. The molecule has 6 nitrogen and oxygen atoms in total. The van der Waals surface area contributed by atoms with Gasteiger partial charge in [-0.3, -0.25) is 15.0 Å². The number of nitrogens with zero attached hydrogens (tertiary/aromatic N) is 1. The third kappa shape index (κ3) is 3.93. The van der Waals surface area contributed by atoms with E-state index in [2.05, 4.69) is 5.32 Å². The lowest BCUT2D eigenvalue weighted by atomic mass is 10.1. The van der Waals surface area contributed by atoms with E-state index in [1.165, 1.54) is 0 Å². The van der Waals surface area contributed by atoms with Gasteiger partial charge in [0.2, 0.25) is 5.91 Å². The Bertz CT molecular complexity index is 538. The quantitative estimate of drug-likeness (QED) is 0.881. The molecule has 0 saturated carbocycles. The van der Waals surface area contributed by atoms with E-state index in [0.29, 0.717) is 24.7 Å². The highest BCUT2D eigenvalue weighted by Crippen LogP contribution is 2.28. The van der Waals surface area contributed by atoms with Crippen molar-refractivity contribution in [1.29, 1.82) is 0 Å². The molecule has 1 aromatic rings. The normalized spacial score (nSPS) is 20.8. The van der Waals surface area contributed by atoms with E-state index in [-0.39, 0.29) is 6.10 Å². The van der Waals surface area contributed by atoms with E-state index in [1.54, 1.807) is 6.92 Å². The van der Waals surface area contributed by atoms with Crippen molar-refractivity contribution in [3.05, 3.63) is 34.9 Å². The second-order valence-electron chi connectivity index (χ2n) is 4.91. The fraction of sp³-hybridized carbons (Fsp3) is 0.429. The molecule has 1 fully saturated rings. The third-order valence-electron chi connectivity index (χ3n) is 3.52. The van der Waals surface area contributed by atoms with E-state index in [4.69, 9.17) is 22.1 Å². The first-order chi connectivity index (χ1) is 9.99. The van der Waals surface area contributed by atoms with E-state index in [9.17, 15) is 9.59 Å². The number of morpholine rings is 1. The van der Waals surface area contributed by atoms with Gasteiger partial charge >= 0.3 is 6.03 Å². The molecule has 0 aromatic heterocycles. The molecule has 0 radical (unpaired) electrons. The summed E-state index contributed by atoms with van der Waals surface area (Å²) in [5.74, 6) is -0.415. The van der Waals surface area contributed by atoms with Crippen LogP contribution >= 0.6 is 11.6 Å². The fourth-order valence-electron chi connectivity index (χ4n) is 2.34. The van der Waals surface area contributed by atoms with Gasteiger partial charge in [0, 0.05) is 23.7 Å². The van der Waals surface area contributed by atoms with Gasteiger partial charge in [0.1, 0.15) is 0 Å². The molecule has 3 amide bonds. The summed E-state index contributed by atoms with van der Waals surface area (Å²) in [6.07, 6.45) is -0.198. The fourth-order valence-corrected chi connectivity index (χ4v) is 2.59. The molecule has 1 aliphatic rings. The molecule has 0 spiro atoms. The van der Waals surface area contributed by atoms with Gasteiger partial charge in [0.15, 0.2) is 0 Å². The second kappa shape index (κ2) is 6.89. The van der Waals surface area contributed by atoms with Gasteiger partial charge < -0.3 is 10.5 Å². The number of rotatable bonds is 3. The Balaban J connectivity index is 2.05. The van der Waals surface area contributed by atoms with Crippen LogP contribution < -0.4 is 11.1 Å². The van der Waals surface area contributed by atoms with Gasteiger partial charge in [0.25, 0.3) is 0 Å². The van der Waals surface area contributed by atoms with Crippen molar-refractivity contribution in [2.75, 3.05) is 19.7 Å². The van der Waals surface area contributed by atoms with Gasteiger partial charge in [-0.05, 0) is 13.0 Å². The Morgan fingerprint density at radius 3 is 2.86 bits per heavy atom. The monoisotopic (exact) mass is 311 g/mol. The van der Waals surface area contributed by atoms with Crippen molar-refractivity contribution in [1.82, 2.24) is 10.2 Å². The van der Waals surface area contributed by atoms with E-state index in [0.717, 1.165) is 5.56 Å². The highest BCUT2D eigenvalue weighted by molar-refractivity contribution is 6.31. The van der Waals surface area contributed by atoms with Crippen molar-refractivity contribution in [2.45, 2.75) is 19.1 Å². The van der Waals surface area contributed by atoms with Gasteiger partial charge in [0.05, 0.1) is 18.8 Å². The van der Waals surface area contributed by atoms with Crippen molar-refractivity contribution in [3.8, 4) is 0 Å². The largest absolute Gasteiger partial charge is 0.371 e. The number of primary amides is 1. The number of benzene rings is 1. The number of nitrogens with one attached hydrogen (secondary N) is 1. The maximum absolute atomic E-state index is 11.8. The maximum atomic E-state index is 11.8. The molecule has 7 heteroatoms. The molecule has 0 aliphatic carbocycles. The summed E-state index contributed by atoms with van der Waals surface area (Å²) in [5.41, 5.74) is 5.86. The average molecular weight is 312 g/mol. The molecule has 1 aromatic carbocycles. The van der Waals surface area contributed by atoms with Crippen LogP contribution in [0.15, 0.2) is 24.3 Å². The molecule has 114 valence electrons. The number of hydrogen-bond acceptors (Lipinski definition) is 4. The molecule has 2 unspecified atom stereocenters. The minimum atomic E-state index is -0.845. The number of amides is 3. The van der Waals surface area contributed by atoms with Crippen molar-refractivity contribution < 1.29 is 14.3 Å². The third-order valence-corrected chi connectivity index (χ3v) is 3.87. The first-order valence-electron chi connectivity index (χ1n) is 6.69. The summed E-state index contributed by atoms with van der Waals surface area (Å²) in [6.45, 7) is 3.35. The van der Waals surface area contributed by atoms with Gasteiger partial charge in [-0.2, -0.15) is 0 Å². The molecule has 2 rings (SSSR count). The summed E-state index contributed by atoms with van der Waals surface area (Å²) in [5, 5.41) is 2.73. The molecule has 2 atom stereocenters. The van der Waals surface area contributed by atoms with Crippen LogP contribution in [0.1, 0.15) is 18.6 Å². The maximum Gasteiger partial charge on any atom is 0.318 e. The lowest BCUT2D eigenvalue weighted by molar-refractivity contribution is -0.128. The number of urea groups is 1. The number of ether oxygens (including phenoxy) is 1. The zero-order valence-corrected chi connectivity index (χ0v) is 12.5. The second-order valence-corrected chi connectivity index (χ2v) is 5.31. The van der Waals surface area contributed by atoms with Gasteiger partial charge in [-0.15, -0.1) is 0 Å². The van der Waals surface area contributed by atoms with Crippen LogP contribution in [0.2, 0.25) is 5.02 Å². The Labute approximate surface area is 128 Å². The predicted molar refractivity (Wildman–Crippen MR) is 78.9 cm³/mol. The standard InChI is InChI=1S/C14H18ClN3O3/c1-9(13(19)17-14(16)20)18-6-7-21-12(8-18)10-4-2-3-5-11(10)15/h2-5,9,12H,6-8H2,1H3,(H3,16,17,19,20). The van der Waals surface area contributed by atoms with E-state index in [1.807, 2.05) is 29.2 Å². The SMILES string of the molecule is CC(C(=O)NC(N)=O)N1CCOC(c2ccccc2Cl)C1. The van der Waals surface area contributed by atoms with Crippen molar-refractivity contribution in [3.63, 3.8) is 0 Å². The zero-order valence-electron chi connectivity index (χ0n) is 11.7. The first kappa shape index (κ1) is 15.8. The van der Waals surface area contributed by atoms with E-state index >= 15 is 0 Å². The van der Waals surface area contributed by atoms with Crippen molar-refractivity contribution in [2.24, 2.45) is 5.73 Å². The summed E-state index contributed by atoms with van der Waals surface area (Å²) in [4.78, 5) is 24.5. The van der Waals surface area contributed by atoms with Crippen LogP contribution in [0.4, 0.5) is 4.79 Å². The molecule has 1 heterocycles. The van der Waals surface area contributed by atoms with Crippen LogP contribution in [-0.2, 0) is 9.53 Å². The molecule has 21 heavy (non-hydrogen) atoms. The Morgan fingerprint density at radius 1 is 1.48 bits per heavy atom. The van der Waals surface area contributed by atoms with Crippen LogP contribution in [0.5, 0.6) is 0 Å². The number of halogens is 1. The zero-order chi connectivity index (χ0) is 15.4. The number of hydrogen-bond donors (Lipinski definition) is 2. The number of imide groups is 1. The minimum Gasteiger partial charge on any atom is -0.371 e. The summed E-state index contributed by atoms with van der Waals surface area (Å²) >= 11 is 6.18. The Morgan fingerprint density at radius 2 is 2.19 bits per heavy atom. The number of nitrogens with two attached hydrogens (primary N) is 1. The van der Waals surface area contributed by atoms with Crippen LogP contribution in [-0.4, -0.2) is 42.6 Å². The Hall–Kier alpha value is -1.63. The Kier molecular flexibility index (Phi) is 5.17. The topological polar surface area (TPSA) is 84.7 Å². The van der Waals surface area contributed by atoms with Crippen LogP contribution in [0, 0.1) is 0 Å². The molecule has 1 saturated heterocycles. The smallest absolute Gasteiger partial charge is 0.318 e. The van der Waals surface area contributed by atoms with Crippen LogP contribution in [0.3, 0.4) is 0 Å². The molecular weight excluding hydrogens is 294 g/mol. The summed E-state index contributed by atoms with van der Waals surface area (Å²) in [6, 6.07) is 6.16. The molecular formula is C14H18ClN3O3. The first-order valence-corrected chi connectivity index (χ1v) is 7.07. The average Bonchev–Trinajstić information content (AvgIpc) is 2.46. The lowest BCUT2D eigenvalue weighted by Gasteiger charge is -2.36. The highest BCUT2D eigenvalue weighted by Gasteiger charge is 2.29. The summed E-state index contributed by atoms with van der Waals surface area (Å²) < 4.78 is 5.74. The summed E-state index contributed by atoms with van der Waals surface area (Å²) in [7, 11) is 0. The minimum absolute atomic E-state index is 0.198. The predicted octanol–water partition coefficient (Wildman–Crippen LogP) is 1.30. The number of carbonyl (C=O) groups is 2.